The molecule has 0 spiro atoms. The third kappa shape index (κ3) is 4.05. The molecule has 8 heteroatoms. The van der Waals surface area contributed by atoms with Crippen LogP contribution in [-0.2, 0) is 14.8 Å². The highest BCUT2D eigenvalue weighted by Crippen LogP contribution is 2.17. The average molecular weight is 324 g/mol. The number of carbonyl (C=O) groups is 1. The van der Waals surface area contributed by atoms with Crippen LogP contribution in [0.15, 0.2) is 34.2 Å². The first-order valence-corrected chi connectivity index (χ1v) is 8.43. The van der Waals surface area contributed by atoms with Gasteiger partial charge >= 0.3 is 0 Å². The van der Waals surface area contributed by atoms with Gasteiger partial charge in [0.1, 0.15) is 5.84 Å². The molecule has 0 unspecified atom stereocenters. The largest absolute Gasteiger partial charge is 0.324 e. The van der Waals surface area contributed by atoms with Crippen LogP contribution in [-0.4, -0.2) is 32.2 Å². The molecule has 0 fully saturated rings. The maximum Gasteiger partial charge on any atom is 0.262 e. The maximum absolute atomic E-state index is 12.3. The van der Waals surface area contributed by atoms with Gasteiger partial charge in [0.15, 0.2) is 0 Å². The zero-order valence-corrected chi connectivity index (χ0v) is 13.4. The summed E-state index contributed by atoms with van der Waals surface area (Å²) < 4.78 is 27.1. The van der Waals surface area contributed by atoms with Gasteiger partial charge in [-0.3, -0.25) is 14.5 Å². The highest BCUT2D eigenvalue weighted by Gasteiger charge is 2.23. The van der Waals surface area contributed by atoms with Crippen molar-refractivity contribution in [2.45, 2.75) is 37.1 Å². The number of nitrogens with zero attached hydrogens (tertiary/aromatic N) is 1. The molecule has 0 saturated heterocycles. The number of sulfonamides is 1. The van der Waals surface area contributed by atoms with E-state index in [9.17, 15) is 13.2 Å². The standard InChI is InChI=1S/C14H20N4O3S/c1-14(2,15)13(19)17-10-5-3-6-11(9-10)22(20,21)18-12-7-4-8-16-12/h3,5-6,9H,4,7-8,15H2,1-2H3,(H,16,18)(H,17,19). The van der Waals surface area contributed by atoms with E-state index in [0.29, 0.717) is 24.5 Å². The smallest absolute Gasteiger partial charge is 0.262 e. The van der Waals surface area contributed by atoms with Gasteiger partial charge in [-0.25, -0.2) is 8.42 Å². The number of anilines is 1. The molecule has 0 atom stereocenters. The number of nitrogens with two attached hydrogens (primary N) is 1. The molecule has 1 amide bonds. The topological polar surface area (TPSA) is 114 Å². The van der Waals surface area contributed by atoms with Crippen LogP contribution < -0.4 is 15.8 Å². The Bertz CT molecular complexity index is 705. The highest BCUT2D eigenvalue weighted by atomic mass is 32.2. The van der Waals surface area contributed by atoms with Gasteiger partial charge in [-0.1, -0.05) is 6.07 Å². The number of nitrogens with one attached hydrogen (secondary N) is 2. The molecular weight excluding hydrogens is 304 g/mol. The molecule has 0 saturated carbocycles. The molecule has 120 valence electrons. The minimum atomic E-state index is -3.70. The first-order valence-electron chi connectivity index (χ1n) is 6.95. The van der Waals surface area contributed by atoms with Crippen molar-refractivity contribution in [2.24, 2.45) is 10.7 Å². The summed E-state index contributed by atoms with van der Waals surface area (Å²) in [7, 11) is -3.70. The molecule has 0 bridgehead atoms. The second-order valence-electron chi connectivity index (χ2n) is 5.74. The number of amides is 1. The molecule has 1 aliphatic rings. The quantitative estimate of drug-likeness (QED) is 0.761. The van der Waals surface area contributed by atoms with E-state index in [1.807, 2.05) is 0 Å². The normalized spacial score (nSPS) is 15.3. The lowest BCUT2D eigenvalue weighted by Gasteiger charge is -2.18. The van der Waals surface area contributed by atoms with E-state index < -0.39 is 21.5 Å². The Labute approximate surface area is 130 Å². The lowest BCUT2D eigenvalue weighted by Crippen LogP contribution is -2.45. The van der Waals surface area contributed by atoms with E-state index in [0.717, 1.165) is 6.42 Å². The van der Waals surface area contributed by atoms with Gasteiger partial charge in [0, 0.05) is 18.7 Å². The van der Waals surface area contributed by atoms with Crippen molar-refractivity contribution in [3.05, 3.63) is 24.3 Å². The van der Waals surface area contributed by atoms with E-state index >= 15 is 0 Å². The average Bonchev–Trinajstić information content (AvgIpc) is 2.90. The number of rotatable bonds is 4. The van der Waals surface area contributed by atoms with Crippen molar-refractivity contribution in [2.75, 3.05) is 11.9 Å². The Hall–Kier alpha value is -1.93. The summed E-state index contributed by atoms with van der Waals surface area (Å²) in [6, 6.07) is 6.02. The van der Waals surface area contributed by atoms with Crippen molar-refractivity contribution in [3.8, 4) is 0 Å². The fraction of sp³-hybridized carbons (Fsp3) is 0.429. The summed E-state index contributed by atoms with van der Waals surface area (Å²) in [5, 5.41) is 2.60. The molecular formula is C14H20N4O3S. The van der Waals surface area contributed by atoms with Gasteiger partial charge in [-0.2, -0.15) is 0 Å². The summed E-state index contributed by atoms with van der Waals surface area (Å²) in [6.45, 7) is 3.78. The second-order valence-corrected chi connectivity index (χ2v) is 7.42. The van der Waals surface area contributed by atoms with Crippen molar-refractivity contribution < 1.29 is 13.2 Å². The minimum Gasteiger partial charge on any atom is -0.324 e. The monoisotopic (exact) mass is 324 g/mol. The number of carbonyl (C=O) groups excluding carboxylic acids is 1. The van der Waals surface area contributed by atoms with Crippen molar-refractivity contribution in [3.63, 3.8) is 0 Å². The molecule has 1 aromatic rings. The number of benzene rings is 1. The Morgan fingerprint density at radius 1 is 1.36 bits per heavy atom. The Balaban J connectivity index is 2.19. The van der Waals surface area contributed by atoms with E-state index in [2.05, 4.69) is 15.0 Å². The molecule has 1 aliphatic heterocycles. The fourth-order valence-electron chi connectivity index (χ4n) is 1.87. The van der Waals surface area contributed by atoms with Gasteiger partial charge in [-0.05, 0) is 38.5 Å². The summed E-state index contributed by atoms with van der Waals surface area (Å²) in [5.41, 5.74) is 5.03. The molecule has 4 N–H and O–H groups in total. The second kappa shape index (κ2) is 6.05. The van der Waals surface area contributed by atoms with Gasteiger partial charge in [0.05, 0.1) is 10.4 Å². The van der Waals surface area contributed by atoms with Gasteiger partial charge < -0.3 is 11.1 Å². The molecule has 1 aromatic carbocycles. The maximum atomic E-state index is 12.3. The Kier molecular flexibility index (Phi) is 4.52. The van der Waals surface area contributed by atoms with Gasteiger partial charge in [0.25, 0.3) is 10.0 Å². The molecule has 0 aromatic heterocycles. The van der Waals surface area contributed by atoms with Crippen molar-refractivity contribution in [1.82, 2.24) is 4.72 Å². The number of aliphatic imine (C=N–C) groups is 1. The van der Waals surface area contributed by atoms with Crippen LogP contribution in [0.5, 0.6) is 0 Å². The van der Waals surface area contributed by atoms with Crippen LogP contribution in [0.1, 0.15) is 26.7 Å². The third-order valence-electron chi connectivity index (χ3n) is 3.11. The van der Waals surface area contributed by atoms with Gasteiger partial charge in [0.2, 0.25) is 5.91 Å². The van der Waals surface area contributed by atoms with E-state index in [4.69, 9.17) is 5.73 Å². The van der Waals surface area contributed by atoms with Crippen molar-refractivity contribution in [1.29, 1.82) is 0 Å². The summed E-state index contributed by atoms with van der Waals surface area (Å²) in [4.78, 5) is 16.0. The van der Waals surface area contributed by atoms with Gasteiger partial charge in [-0.15, -0.1) is 0 Å². The minimum absolute atomic E-state index is 0.0646. The van der Waals surface area contributed by atoms with Crippen LogP contribution in [0.4, 0.5) is 5.69 Å². The number of amidine groups is 1. The van der Waals surface area contributed by atoms with Crippen LogP contribution in [0.25, 0.3) is 0 Å². The molecule has 0 aliphatic carbocycles. The molecule has 0 radical (unpaired) electrons. The van der Waals surface area contributed by atoms with E-state index in [1.165, 1.54) is 12.1 Å². The zero-order valence-electron chi connectivity index (χ0n) is 12.6. The summed E-state index contributed by atoms with van der Waals surface area (Å²) in [5.74, 6) is 0.0766. The van der Waals surface area contributed by atoms with Crippen LogP contribution >= 0.6 is 0 Å². The first kappa shape index (κ1) is 16.4. The SMILES string of the molecule is CC(C)(N)C(=O)Nc1cccc(S(=O)(=O)NC2=NCCC2)c1. The molecule has 7 nitrogen and oxygen atoms in total. The molecule has 1 heterocycles. The Morgan fingerprint density at radius 2 is 2.09 bits per heavy atom. The lowest BCUT2D eigenvalue weighted by atomic mass is 10.1. The molecule has 22 heavy (non-hydrogen) atoms. The van der Waals surface area contributed by atoms with E-state index in [1.54, 1.807) is 26.0 Å². The zero-order chi connectivity index (χ0) is 16.4. The van der Waals surface area contributed by atoms with Crippen molar-refractivity contribution >= 4 is 27.5 Å². The van der Waals surface area contributed by atoms with E-state index in [-0.39, 0.29) is 4.90 Å². The number of hydrogen-bond donors (Lipinski definition) is 3. The summed E-state index contributed by atoms with van der Waals surface area (Å²) in [6.07, 6.45) is 1.47. The first-order chi connectivity index (χ1) is 10.2. The summed E-state index contributed by atoms with van der Waals surface area (Å²) >= 11 is 0. The predicted molar refractivity (Wildman–Crippen MR) is 85.2 cm³/mol. The van der Waals surface area contributed by atoms with Crippen LogP contribution in [0.3, 0.4) is 0 Å². The predicted octanol–water partition coefficient (Wildman–Crippen LogP) is 0.833. The van der Waals surface area contributed by atoms with Crippen LogP contribution in [0.2, 0.25) is 0 Å². The number of hydrogen-bond acceptors (Lipinski definition) is 5. The third-order valence-corrected chi connectivity index (χ3v) is 4.49. The highest BCUT2D eigenvalue weighted by molar-refractivity contribution is 7.90. The molecule has 2 rings (SSSR count). The Morgan fingerprint density at radius 3 is 2.68 bits per heavy atom. The lowest BCUT2D eigenvalue weighted by molar-refractivity contribution is -0.120. The fourth-order valence-corrected chi connectivity index (χ4v) is 3.00. The van der Waals surface area contributed by atoms with Crippen LogP contribution in [0, 0.1) is 0 Å².